The van der Waals surface area contributed by atoms with Gasteiger partial charge in [0.1, 0.15) is 6.54 Å². The average molecular weight is 392 g/mol. The Balaban J connectivity index is 0.00000200. The van der Waals surface area contributed by atoms with Crippen LogP contribution in [0.2, 0.25) is 0 Å². The molecule has 1 aromatic rings. The highest BCUT2D eigenvalue weighted by Gasteiger charge is 2.21. The summed E-state index contributed by atoms with van der Waals surface area (Å²) in [5.41, 5.74) is 0.987. The van der Waals surface area contributed by atoms with Crippen LogP contribution < -0.4 is 10.6 Å². The van der Waals surface area contributed by atoms with Crippen molar-refractivity contribution in [3.63, 3.8) is 0 Å². The van der Waals surface area contributed by atoms with Gasteiger partial charge in [-0.1, -0.05) is 19.0 Å². The standard InChI is InChI=1S/C14H24N4O.HI/c1-4-15-14(16-8-11-5-6-11)17-9-12-7-13(10(2)3)18-19-12;/h7,10-11H,4-6,8-9H2,1-3H3,(H2,15,16,17);1H. The van der Waals surface area contributed by atoms with Crippen LogP contribution in [0, 0.1) is 5.92 Å². The maximum atomic E-state index is 5.28. The summed E-state index contributed by atoms with van der Waals surface area (Å²) >= 11 is 0. The van der Waals surface area contributed by atoms with Gasteiger partial charge in [-0.2, -0.15) is 0 Å². The van der Waals surface area contributed by atoms with E-state index in [9.17, 15) is 0 Å². The number of rotatable bonds is 6. The van der Waals surface area contributed by atoms with E-state index >= 15 is 0 Å². The molecule has 20 heavy (non-hydrogen) atoms. The minimum atomic E-state index is 0. The predicted octanol–water partition coefficient (Wildman–Crippen LogP) is 2.88. The summed E-state index contributed by atoms with van der Waals surface area (Å²) in [5, 5.41) is 10.6. The van der Waals surface area contributed by atoms with Crippen LogP contribution in [-0.2, 0) is 6.54 Å². The zero-order valence-corrected chi connectivity index (χ0v) is 14.8. The minimum absolute atomic E-state index is 0. The average Bonchev–Trinajstić information content (AvgIpc) is 3.08. The fourth-order valence-corrected chi connectivity index (χ4v) is 1.74. The Morgan fingerprint density at radius 1 is 1.45 bits per heavy atom. The van der Waals surface area contributed by atoms with Gasteiger partial charge in [-0.3, -0.25) is 0 Å². The summed E-state index contributed by atoms with van der Waals surface area (Å²) < 4.78 is 5.28. The SMILES string of the molecule is CCNC(=NCc1cc(C(C)C)no1)NCC1CC1.I. The third-order valence-electron chi connectivity index (χ3n) is 3.16. The molecule has 1 heterocycles. The van der Waals surface area contributed by atoms with Crippen LogP contribution in [-0.4, -0.2) is 24.2 Å². The lowest BCUT2D eigenvalue weighted by atomic mass is 10.1. The number of nitrogens with zero attached hydrogens (tertiary/aromatic N) is 2. The van der Waals surface area contributed by atoms with Crippen LogP contribution in [0.5, 0.6) is 0 Å². The van der Waals surface area contributed by atoms with Crippen molar-refractivity contribution in [1.29, 1.82) is 0 Å². The first-order valence-electron chi connectivity index (χ1n) is 7.16. The van der Waals surface area contributed by atoms with Crippen molar-refractivity contribution in [3.8, 4) is 0 Å². The molecular formula is C14H25IN4O. The van der Waals surface area contributed by atoms with E-state index in [-0.39, 0.29) is 24.0 Å². The Bertz CT molecular complexity index is 427. The second kappa shape index (κ2) is 8.49. The maximum Gasteiger partial charge on any atom is 0.191 e. The van der Waals surface area contributed by atoms with Gasteiger partial charge in [0, 0.05) is 19.2 Å². The molecule has 0 aliphatic heterocycles. The highest BCUT2D eigenvalue weighted by Crippen LogP contribution is 2.27. The number of aromatic nitrogens is 1. The van der Waals surface area contributed by atoms with E-state index in [1.807, 2.05) is 6.07 Å². The number of aliphatic imine (C=N–C) groups is 1. The van der Waals surface area contributed by atoms with Crippen molar-refractivity contribution in [2.24, 2.45) is 10.9 Å². The Morgan fingerprint density at radius 3 is 2.75 bits per heavy atom. The third-order valence-corrected chi connectivity index (χ3v) is 3.16. The fourth-order valence-electron chi connectivity index (χ4n) is 1.74. The van der Waals surface area contributed by atoms with Gasteiger partial charge in [-0.05, 0) is 31.6 Å². The van der Waals surface area contributed by atoms with Crippen molar-refractivity contribution < 1.29 is 4.52 Å². The first kappa shape index (κ1) is 17.3. The first-order chi connectivity index (χ1) is 9.19. The molecule has 0 atom stereocenters. The molecule has 0 spiro atoms. The largest absolute Gasteiger partial charge is 0.359 e. The second-order valence-corrected chi connectivity index (χ2v) is 5.39. The van der Waals surface area contributed by atoms with Crippen molar-refractivity contribution in [3.05, 3.63) is 17.5 Å². The lowest BCUT2D eigenvalue weighted by Crippen LogP contribution is -2.38. The lowest BCUT2D eigenvalue weighted by Gasteiger charge is -2.09. The lowest BCUT2D eigenvalue weighted by molar-refractivity contribution is 0.376. The number of guanidine groups is 1. The molecule has 0 saturated heterocycles. The summed E-state index contributed by atoms with van der Waals surface area (Å²) in [7, 11) is 0. The Labute approximate surface area is 138 Å². The van der Waals surface area contributed by atoms with E-state index in [1.54, 1.807) is 0 Å². The molecule has 1 aliphatic carbocycles. The van der Waals surface area contributed by atoms with Crippen molar-refractivity contribution in [2.75, 3.05) is 13.1 Å². The molecule has 0 aromatic carbocycles. The quantitative estimate of drug-likeness (QED) is 0.444. The molecule has 2 N–H and O–H groups in total. The van der Waals surface area contributed by atoms with Crippen LogP contribution in [0.4, 0.5) is 0 Å². The minimum Gasteiger partial charge on any atom is -0.359 e. The summed E-state index contributed by atoms with van der Waals surface area (Å²) in [4.78, 5) is 4.52. The summed E-state index contributed by atoms with van der Waals surface area (Å²) in [5.74, 6) is 2.90. The van der Waals surface area contributed by atoms with E-state index in [1.165, 1.54) is 12.8 Å². The molecule has 1 fully saturated rings. The maximum absolute atomic E-state index is 5.28. The van der Waals surface area contributed by atoms with Gasteiger partial charge in [0.05, 0.1) is 5.69 Å². The zero-order valence-electron chi connectivity index (χ0n) is 12.5. The van der Waals surface area contributed by atoms with E-state index < -0.39 is 0 Å². The highest BCUT2D eigenvalue weighted by atomic mass is 127. The second-order valence-electron chi connectivity index (χ2n) is 5.39. The molecule has 5 nitrogen and oxygen atoms in total. The van der Waals surface area contributed by atoms with E-state index in [2.05, 4.69) is 41.6 Å². The summed E-state index contributed by atoms with van der Waals surface area (Å²) in [6.07, 6.45) is 2.68. The summed E-state index contributed by atoms with van der Waals surface area (Å²) in [6.45, 7) is 8.68. The molecule has 0 amide bonds. The van der Waals surface area contributed by atoms with Crippen molar-refractivity contribution in [1.82, 2.24) is 15.8 Å². The third kappa shape index (κ3) is 5.68. The number of nitrogens with one attached hydrogen (secondary N) is 2. The number of hydrogen-bond donors (Lipinski definition) is 2. The molecule has 0 bridgehead atoms. The fraction of sp³-hybridized carbons (Fsp3) is 0.714. The molecule has 1 aromatic heterocycles. The Morgan fingerprint density at radius 2 is 2.20 bits per heavy atom. The molecular weight excluding hydrogens is 367 g/mol. The van der Waals surface area contributed by atoms with E-state index in [4.69, 9.17) is 4.52 Å². The van der Waals surface area contributed by atoms with Crippen molar-refractivity contribution in [2.45, 2.75) is 46.1 Å². The van der Waals surface area contributed by atoms with Gasteiger partial charge < -0.3 is 15.2 Å². The molecule has 2 rings (SSSR count). The smallest absolute Gasteiger partial charge is 0.191 e. The zero-order chi connectivity index (χ0) is 13.7. The van der Waals surface area contributed by atoms with Gasteiger partial charge in [0.25, 0.3) is 0 Å². The normalized spacial score (nSPS) is 15.1. The highest BCUT2D eigenvalue weighted by molar-refractivity contribution is 14.0. The molecule has 114 valence electrons. The molecule has 1 saturated carbocycles. The molecule has 0 radical (unpaired) electrons. The van der Waals surface area contributed by atoms with Gasteiger partial charge in [-0.15, -0.1) is 24.0 Å². The first-order valence-corrected chi connectivity index (χ1v) is 7.16. The predicted molar refractivity (Wildman–Crippen MR) is 91.5 cm³/mol. The van der Waals surface area contributed by atoms with Gasteiger partial charge in [-0.25, -0.2) is 4.99 Å². The number of hydrogen-bond acceptors (Lipinski definition) is 3. The Kier molecular flexibility index (Phi) is 7.32. The summed E-state index contributed by atoms with van der Waals surface area (Å²) in [6, 6.07) is 1.98. The molecule has 0 unspecified atom stereocenters. The Hall–Kier alpha value is -0.790. The molecule has 6 heteroatoms. The van der Waals surface area contributed by atoms with E-state index in [0.29, 0.717) is 12.5 Å². The topological polar surface area (TPSA) is 62.5 Å². The van der Waals surface area contributed by atoms with Crippen LogP contribution in [0.3, 0.4) is 0 Å². The monoisotopic (exact) mass is 392 g/mol. The van der Waals surface area contributed by atoms with Gasteiger partial charge in [0.2, 0.25) is 0 Å². The van der Waals surface area contributed by atoms with Gasteiger partial charge in [0.15, 0.2) is 11.7 Å². The van der Waals surface area contributed by atoms with Crippen LogP contribution in [0.15, 0.2) is 15.6 Å². The van der Waals surface area contributed by atoms with Crippen LogP contribution >= 0.6 is 24.0 Å². The van der Waals surface area contributed by atoms with E-state index in [0.717, 1.165) is 36.4 Å². The van der Waals surface area contributed by atoms with Gasteiger partial charge >= 0.3 is 0 Å². The molecule has 1 aliphatic rings. The van der Waals surface area contributed by atoms with Crippen molar-refractivity contribution >= 4 is 29.9 Å². The number of halogens is 1. The van der Waals surface area contributed by atoms with Crippen LogP contribution in [0.25, 0.3) is 0 Å². The van der Waals surface area contributed by atoms with Crippen LogP contribution in [0.1, 0.15) is 51.0 Å².